The van der Waals surface area contributed by atoms with Crippen molar-refractivity contribution in [3.63, 3.8) is 0 Å². The molecule has 0 aromatic heterocycles. The van der Waals surface area contributed by atoms with Crippen molar-refractivity contribution in [1.29, 1.82) is 0 Å². The lowest BCUT2D eigenvalue weighted by atomic mass is 10.2. The zero-order chi connectivity index (χ0) is 17.9. The summed E-state index contributed by atoms with van der Waals surface area (Å²) in [6, 6.07) is 14.1. The van der Waals surface area contributed by atoms with Crippen LogP contribution < -0.4 is 4.74 Å². The van der Waals surface area contributed by atoms with Gasteiger partial charge in [0.25, 0.3) is 0 Å². The van der Waals surface area contributed by atoms with Crippen LogP contribution in [0, 0.1) is 12.3 Å². The number of ether oxygens (including phenoxy) is 2. The molecule has 5 heteroatoms. The molecule has 0 aliphatic carbocycles. The van der Waals surface area contributed by atoms with Gasteiger partial charge in [0, 0.05) is 0 Å². The first-order valence-electron chi connectivity index (χ1n) is 8.08. The molecule has 0 heterocycles. The van der Waals surface area contributed by atoms with E-state index in [4.69, 9.17) is 15.9 Å². The molecular formula is C20H20N2O3. The number of azo groups is 1. The molecule has 0 fully saturated rings. The number of unbranched alkanes of at least 4 members (excludes halogenated alkanes) is 1. The third-order valence-electron chi connectivity index (χ3n) is 3.27. The number of terminal acetylenes is 1. The summed E-state index contributed by atoms with van der Waals surface area (Å²) >= 11 is 0. The standard InChI is InChI=1S/C20H20N2O3/c1-3-5-15-24-19-12-10-18(11-13-19)22-21-17-8-6-16(7-9-17)20(23)25-14-4-2/h2,6-13H,3,5,14-15H2,1H3. The Morgan fingerprint density at radius 1 is 1.04 bits per heavy atom. The number of carbonyl (C=O) groups is 1. The highest BCUT2D eigenvalue weighted by Crippen LogP contribution is 2.22. The average Bonchev–Trinajstić information content (AvgIpc) is 2.66. The van der Waals surface area contributed by atoms with Crippen molar-refractivity contribution in [2.24, 2.45) is 10.2 Å². The van der Waals surface area contributed by atoms with E-state index in [-0.39, 0.29) is 6.61 Å². The smallest absolute Gasteiger partial charge is 0.339 e. The molecule has 0 aliphatic rings. The van der Waals surface area contributed by atoms with Crippen LogP contribution in [-0.4, -0.2) is 19.2 Å². The molecule has 2 rings (SSSR count). The fourth-order valence-electron chi connectivity index (χ4n) is 1.91. The summed E-state index contributed by atoms with van der Waals surface area (Å²) in [5.41, 5.74) is 1.78. The number of benzene rings is 2. The minimum atomic E-state index is -0.458. The van der Waals surface area contributed by atoms with E-state index >= 15 is 0 Å². The average molecular weight is 336 g/mol. The third-order valence-corrected chi connectivity index (χ3v) is 3.27. The molecule has 0 saturated heterocycles. The highest BCUT2D eigenvalue weighted by Gasteiger charge is 2.05. The summed E-state index contributed by atoms with van der Waals surface area (Å²) in [5.74, 6) is 2.61. The maximum Gasteiger partial charge on any atom is 0.339 e. The third kappa shape index (κ3) is 6.11. The van der Waals surface area contributed by atoms with Gasteiger partial charge in [-0.05, 0) is 55.0 Å². The van der Waals surface area contributed by atoms with Crippen molar-refractivity contribution in [2.45, 2.75) is 19.8 Å². The van der Waals surface area contributed by atoms with E-state index in [0.29, 0.717) is 17.9 Å². The zero-order valence-electron chi connectivity index (χ0n) is 14.1. The molecule has 0 amide bonds. The number of hydrogen-bond acceptors (Lipinski definition) is 5. The summed E-state index contributed by atoms with van der Waals surface area (Å²) in [6.07, 6.45) is 7.19. The Balaban J connectivity index is 1.93. The molecule has 0 radical (unpaired) electrons. The highest BCUT2D eigenvalue weighted by atomic mass is 16.5. The number of carbonyl (C=O) groups excluding carboxylic acids is 1. The first kappa shape index (κ1) is 18.2. The predicted octanol–water partition coefficient (Wildman–Crippen LogP) is 5.07. The lowest BCUT2D eigenvalue weighted by molar-refractivity contribution is 0.0557. The lowest BCUT2D eigenvalue weighted by Crippen LogP contribution is -2.04. The lowest BCUT2D eigenvalue weighted by Gasteiger charge is -2.04. The number of hydrogen-bond donors (Lipinski definition) is 0. The van der Waals surface area contributed by atoms with E-state index in [9.17, 15) is 4.79 Å². The zero-order valence-corrected chi connectivity index (χ0v) is 14.1. The Bertz CT molecular complexity index is 744. The Morgan fingerprint density at radius 2 is 1.64 bits per heavy atom. The fourth-order valence-corrected chi connectivity index (χ4v) is 1.91. The predicted molar refractivity (Wildman–Crippen MR) is 96.6 cm³/mol. The van der Waals surface area contributed by atoms with Crippen molar-refractivity contribution < 1.29 is 14.3 Å². The molecule has 5 nitrogen and oxygen atoms in total. The first-order valence-corrected chi connectivity index (χ1v) is 8.08. The molecule has 0 atom stereocenters. The van der Waals surface area contributed by atoms with Crippen LogP contribution in [0.15, 0.2) is 58.8 Å². The van der Waals surface area contributed by atoms with Crippen LogP contribution in [0.5, 0.6) is 5.75 Å². The molecular weight excluding hydrogens is 316 g/mol. The van der Waals surface area contributed by atoms with Gasteiger partial charge in [0.1, 0.15) is 5.75 Å². The van der Waals surface area contributed by atoms with Gasteiger partial charge >= 0.3 is 5.97 Å². The van der Waals surface area contributed by atoms with Crippen LogP contribution in [0.1, 0.15) is 30.1 Å². The van der Waals surface area contributed by atoms with Gasteiger partial charge in [0.15, 0.2) is 6.61 Å². The van der Waals surface area contributed by atoms with Crippen LogP contribution in [0.25, 0.3) is 0 Å². The molecule has 128 valence electrons. The topological polar surface area (TPSA) is 60.2 Å². The summed E-state index contributed by atoms with van der Waals surface area (Å²) in [7, 11) is 0. The quantitative estimate of drug-likeness (QED) is 0.293. The van der Waals surface area contributed by atoms with Gasteiger partial charge in [-0.2, -0.15) is 10.2 Å². The normalized spacial score (nSPS) is 10.4. The highest BCUT2D eigenvalue weighted by molar-refractivity contribution is 5.89. The van der Waals surface area contributed by atoms with Crippen LogP contribution in [-0.2, 0) is 4.74 Å². The SMILES string of the molecule is C#CCOC(=O)c1ccc(N=Nc2ccc(OCCCC)cc2)cc1. The Labute approximate surface area is 147 Å². The molecule has 0 N–H and O–H groups in total. The summed E-state index contributed by atoms with van der Waals surface area (Å²) in [6.45, 7) is 2.80. The van der Waals surface area contributed by atoms with Crippen molar-refractivity contribution in [1.82, 2.24) is 0 Å². The first-order chi connectivity index (χ1) is 12.2. The molecule has 2 aromatic rings. The number of rotatable bonds is 8. The van der Waals surface area contributed by atoms with Gasteiger partial charge in [-0.25, -0.2) is 4.79 Å². The van der Waals surface area contributed by atoms with E-state index in [1.54, 1.807) is 24.3 Å². The van der Waals surface area contributed by atoms with Gasteiger partial charge in [0.2, 0.25) is 0 Å². The number of nitrogens with zero attached hydrogens (tertiary/aromatic N) is 2. The summed E-state index contributed by atoms with van der Waals surface area (Å²) in [5, 5.41) is 8.31. The maximum atomic E-state index is 11.6. The Hall–Kier alpha value is -3.13. The van der Waals surface area contributed by atoms with Crippen molar-refractivity contribution >= 4 is 17.3 Å². The Morgan fingerprint density at radius 3 is 2.20 bits per heavy atom. The molecule has 25 heavy (non-hydrogen) atoms. The molecule has 2 aromatic carbocycles. The van der Waals surface area contributed by atoms with Gasteiger partial charge in [-0.3, -0.25) is 0 Å². The monoisotopic (exact) mass is 336 g/mol. The van der Waals surface area contributed by atoms with Crippen LogP contribution in [0.3, 0.4) is 0 Å². The largest absolute Gasteiger partial charge is 0.494 e. The van der Waals surface area contributed by atoms with E-state index in [1.165, 1.54) is 0 Å². The second-order valence-corrected chi connectivity index (χ2v) is 5.22. The Kier molecular flexibility index (Phi) is 7.20. The second kappa shape index (κ2) is 9.89. The van der Waals surface area contributed by atoms with E-state index in [2.05, 4.69) is 23.1 Å². The van der Waals surface area contributed by atoms with Crippen molar-refractivity contribution in [3.05, 3.63) is 54.1 Å². The van der Waals surface area contributed by atoms with Crippen LogP contribution in [0.4, 0.5) is 11.4 Å². The van der Waals surface area contributed by atoms with Gasteiger partial charge in [0.05, 0.1) is 23.5 Å². The van der Waals surface area contributed by atoms with Crippen LogP contribution >= 0.6 is 0 Å². The van der Waals surface area contributed by atoms with E-state index in [0.717, 1.165) is 24.3 Å². The van der Waals surface area contributed by atoms with E-state index in [1.807, 2.05) is 24.3 Å². The van der Waals surface area contributed by atoms with Gasteiger partial charge in [-0.1, -0.05) is 19.3 Å². The minimum Gasteiger partial charge on any atom is -0.494 e. The van der Waals surface area contributed by atoms with Crippen LogP contribution in [0.2, 0.25) is 0 Å². The molecule has 0 saturated carbocycles. The number of esters is 1. The van der Waals surface area contributed by atoms with Crippen molar-refractivity contribution in [2.75, 3.05) is 13.2 Å². The van der Waals surface area contributed by atoms with Gasteiger partial charge in [-0.15, -0.1) is 6.42 Å². The van der Waals surface area contributed by atoms with E-state index < -0.39 is 5.97 Å². The molecule has 0 bridgehead atoms. The summed E-state index contributed by atoms with van der Waals surface area (Å²) in [4.78, 5) is 11.6. The summed E-state index contributed by atoms with van der Waals surface area (Å²) < 4.78 is 10.5. The molecule has 0 unspecified atom stereocenters. The molecule has 0 spiro atoms. The fraction of sp³-hybridized carbons (Fsp3) is 0.250. The maximum absolute atomic E-state index is 11.6. The minimum absolute atomic E-state index is 0.0432. The molecule has 0 aliphatic heterocycles. The second-order valence-electron chi connectivity index (χ2n) is 5.22. The van der Waals surface area contributed by atoms with Gasteiger partial charge < -0.3 is 9.47 Å². The van der Waals surface area contributed by atoms with Crippen molar-refractivity contribution in [3.8, 4) is 18.1 Å².